The van der Waals surface area contributed by atoms with Gasteiger partial charge in [0.1, 0.15) is 0 Å². The van der Waals surface area contributed by atoms with E-state index in [9.17, 15) is 14.4 Å². The van der Waals surface area contributed by atoms with Crippen LogP contribution in [0.15, 0.2) is 6.20 Å². The molecule has 2 heterocycles. The third kappa shape index (κ3) is 3.01. The van der Waals surface area contributed by atoms with Gasteiger partial charge in [-0.05, 0) is 5.92 Å². The molecule has 1 unspecified atom stereocenters. The van der Waals surface area contributed by atoms with Gasteiger partial charge in [-0.2, -0.15) is 5.10 Å². The van der Waals surface area contributed by atoms with E-state index >= 15 is 0 Å². The second kappa shape index (κ2) is 6.08. The zero-order chi connectivity index (χ0) is 14.7. The summed E-state index contributed by atoms with van der Waals surface area (Å²) in [4.78, 5) is 36.1. The second-order valence-corrected chi connectivity index (χ2v) is 5.70. The number of aromatic nitrogens is 2. The molecule has 1 amide bonds. The summed E-state index contributed by atoms with van der Waals surface area (Å²) in [6.45, 7) is 1.98. The van der Waals surface area contributed by atoms with Crippen molar-refractivity contribution in [3.05, 3.63) is 11.9 Å². The number of ether oxygens (including phenoxy) is 1. The molecule has 108 valence electrons. The van der Waals surface area contributed by atoms with Crippen molar-refractivity contribution in [3.8, 4) is 0 Å². The Morgan fingerprint density at radius 2 is 2.35 bits per heavy atom. The summed E-state index contributed by atoms with van der Waals surface area (Å²) in [5.41, 5.74) is 0.595. The van der Waals surface area contributed by atoms with E-state index < -0.39 is 5.97 Å². The molecule has 1 aromatic heterocycles. The first-order valence-corrected chi connectivity index (χ1v) is 7.07. The summed E-state index contributed by atoms with van der Waals surface area (Å²) in [5.74, 6) is 0.0533. The summed E-state index contributed by atoms with van der Waals surface area (Å²) >= 11 is 1.21. The first kappa shape index (κ1) is 14.6. The number of esters is 1. The average Bonchev–Trinajstić information content (AvgIpc) is 3.01. The van der Waals surface area contributed by atoms with Gasteiger partial charge in [0.25, 0.3) is 0 Å². The minimum Gasteiger partial charge on any atom is -0.464 e. The molecule has 0 saturated carbocycles. The molecule has 0 aromatic carbocycles. The molecule has 0 aliphatic carbocycles. The van der Waals surface area contributed by atoms with Crippen molar-refractivity contribution in [2.75, 3.05) is 24.3 Å². The second-order valence-electron chi connectivity index (χ2n) is 4.50. The molecule has 1 aliphatic rings. The lowest BCUT2D eigenvalue weighted by atomic mass is 10.1. The molecule has 2 rings (SSSR count). The maximum absolute atomic E-state index is 12.0. The van der Waals surface area contributed by atoms with Crippen LogP contribution >= 0.6 is 11.8 Å². The van der Waals surface area contributed by atoms with E-state index in [4.69, 9.17) is 0 Å². The summed E-state index contributed by atoms with van der Waals surface area (Å²) in [6, 6.07) is 0. The third-order valence-corrected chi connectivity index (χ3v) is 4.07. The predicted octanol–water partition coefficient (Wildman–Crippen LogP) is 0.829. The van der Waals surface area contributed by atoms with Crippen LogP contribution in [-0.2, 0) is 14.3 Å². The van der Waals surface area contributed by atoms with Gasteiger partial charge in [-0.1, -0.05) is 11.8 Å². The smallest absolute Gasteiger partial charge is 0.358 e. The fourth-order valence-corrected chi connectivity index (χ4v) is 2.79. The van der Waals surface area contributed by atoms with Gasteiger partial charge in [0.2, 0.25) is 5.91 Å². The number of thioether (sulfide) groups is 1. The standard InChI is InChI=1S/C12H15N3O4S/c1-7(16)20-6-8-3-10(17)15(5-8)9-4-13-14-11(9)12(18)19-2/h4,8H,3,5-6H2,1-2H3,(H,13,14). The number of carbonyl (C=O) groups is 3. The molecule has 0 radical (unpaired) electrons. The lowest BCUT2D eigenvalue weighted by molar-refractivity contribution is -0.117. The quantitative estimate of drug-likeness (QED) is 0.827. The van der Waals surface area contributed by atoms with Crippen molar-refractivity contribution >= 4 is 34.4 Å². The average molecular weight is 297 g/mol. The van der Waals surface area contributed by atoms with Crippen molar-refractivity contribution in [1.82, 2.24) is 10.2 Å². The predicted molar refractivity (Wildman–Crippen MR) is 73.5 cm³/mol. The Kier molecular flexibility index (Phi) is 4.43. The number of aromatic amines is 1. The van der Waals surface area contributed by atoms with Crippen LogP contribution in [0.25, 0.3) is 0 Å². The molecular formula is C12H15N3O4S. The van der Waals surface area contributed by atoms with Crippen LogP contribution in [-0.4, -0.2) is 46.6 Å². The van der Waals surface area contributed by atoms with Crippen LogP contribution in [0.1, 0.15) is 23.8 Å². The minimum absolute atomic E-state index is 0.0365. The third-order valence-electron chi connectivity index (χ3n) is 3.03. The van der Waals surface area contributed by atoms with E-state index in [2.05, 4.69) is 14.9 Å². The number of nitrogens with one attached hydrogen (secondary N) is 1. The maximum Gasteiger partial charge on any atom is 0.358 e. The molecule has 1 N–H and O–H groups in total. The van der Waals surface area contributed by atoms with Gasteiger partial charge in [0.15, 0.2) is 10.8 Å². The Morgan fingerprint density at radius 3 is 3.00 bits per heavy atom. The van der Waals surface area contributed by atoms with Gasteiger partial charge < -0.3 is 9.64 Å². The van der Waals surface area contributed by atoms with Crippen molar-refractivity contribution in [2.45, 2.75) is 13.3 Å². The fourth-order valence-electron chi connectivity index (χ4n) is 2.10. The van der Waals surface area contributed by atoms with E-state index in [0.29, 0.717) is 24.4 Å². The zero-order valence-corrected chi connectivity index (χ0v) is 12.0. The number of hydrogen-bond donors (Lipinski definition) is 1. The number of H-pyrrole nitrogens is 1. The van der Waals surface area contributed by atoms with Crippen LogP contribution in [0.5, 0.6) is 0 Å². The number of rotatable bonds is 4. The van der Waals surface area contributed by atoms with Gasteiger partial charge in [-0.25, -0.2) is 4.79 Å². The lowest BCUT2D eigenvalue weighted by Gasteiger charge is -2.15. The summed E-state index contributed by atoms with van der Waals surface area (Å²) in [7, 11) is 1.27. The van der Waals surface area contributed by atoms with Gasteiger partial charge in [0.05, 0.1) is 19.0 Å². The largest absolute Gasteiger partial charge is 0.464 e. The van der Waals surface area contributed by atoms with Gasteiger partial charge in [0, 0.05) is 25.6 Å². The van der Waals surface area contributed by atoms with Gasteiger partial charge in [-0.3, -0.25) is 14.7 Å². The highest BCUT2D eigenvalue weighted by molar-refractivity contribution is 8.13. The molecule has 1 saturated heterocycles. The van der Waals surface area contributed by atoms with Crippen LogP contribution in [0.2, 0.25) is 0 Å². The van der Waals surface area contributed by atoms with Gasteiger partial charge >= 0.3 is 5.97 Å². The van der Waals surface area contributed by atoms with Crippen LogP contribution < -0.4 is 4.90 Å². The molecule has 20 heavy (non-hydrogen) atoms. The maximum atomic E-state index is 12.0. The van der Waals surface area contributed by atoms with Crippen molar-refractivity contribution in [2.24, 2.45) is 5.92 Å². The monoisotopic (exact) mass is 297 g/mol. The summed E-state index contributed by atoms with van der Waals surface area (Å²) in [6.07, 6.45) is 1.80. The SMILES string of the molecule is COC(=O)c1[nH]ncc1N1CC(CSC(C)=O)CC1=O. The van der Waals surface area contributed by atoms with E-state index in [1.54, 1.807) is 0 Å². The highest BCUT2D eigenvalue weighted by Gasteiger charge is 2.34. The number of carbonyl (C=O) groups excluding carboxylic acids is 3. The van der Waals surface area contributed by atoms with Crippen molar-refractivity contribution in [3.63, 3.8) is 0 Å². The number of amides is 1. The highest BCUT2D eigenvalue weighted by Crippen LogP contribution is 2.29. The molecule has 0 spiro atoms. The summed E-state index contributed by atoms with van der Waals surface area (Å²) in [5, 5.41) is 6.37. The molecule has 1 fully saturated rings. The molecule has 7 nitrogen and oxygen atoms in total. The fraction of sp³-hybridized carbons (Fsp3) is 0.500. The van der Waals surface area contributed by atoms with E-state index in [1.165, 1.54) is 36.9 Å². The van der Waals surface area contributed by atoms with E-state index in [1.807, 2.05) is 0 Å². The van der Waals surface area contributed by atoms with Gasteiger partial charge in [-0.15, -0.1) is 0 Å². The topological polar surface area (TPSA) is 92.4 Å². The molecule has 0 bridgehead atoms. The minimum atomic E-state index is -0.563. The van der Waals surface area contributed by atoms with Crippen LogP contribution in [0.4, 0.5) is 5.69 Å². The Labute approximate surface area is 120 Å². The lowest BCUT2D eigenvalue weighted by Crippen LogP contribution is -2.26. The zero-order valence-electron chi connectivity index (χ0n) is 11.2. The van der Waals surface area contributed by atoms with Crippen molar-refractivity contribution in [1.29, 1.82) is 0 Å². The van der Waals surface area contributed by atoms with Crippen LogP contribution in [0.3, 0.4) is 0 Å². The number of hydrogen-bond acceptors (Lipinski definition) is 6. The molecule has 1 aliphatic heterocycles. The molecule has 8 heteroatoms. The Bertz CT molecular complexity index is 543. The number of anilines is 1. The Balaban J connectivity index is 2.10. The highest BCUT2D eigenvalue weighted by atomic mass is 32.2. The molecular weight excluding hydrogens is 282 g/mol. The number of methoxy groups -OCH3 is 1. The van der Waals surface area contributed by atoms with E-state index in [0.717, 1.165) is 0 Å². The summed E-state index contributed by atoms with van der Waals surface area (Å²) < 4.78 is 4.64. The molecule has 1 atom stereocenters. The van der Waals surface area contributed by atoms with Crippen molar-refractivity contribution < 1.29 is 19.1 Å². The number of nitrogens with zero attached hydrogens (tertiary/aromatic N) is 2. The van der Waals surface area contributed by atoms with Crippen LogP contribution in [0, 0.1) is 5.92 Å². The first-order valence-electron chi connectivity index (χ1n) is 6.08. The first-order chi connectivity index (χ1) is 9.52. The normalized spacial score (nSPS) is 18.4. The Hall–Kier alpha value is -1.83. The van der Waals surface area contributed by atoms with E-state index in [-0.39, 0.29) is 22.6 Å². The Morgan fingerprint density at radius 1 is 1.60 bits per heavy atom. The molecule has 1 aromatic rings.